The van der Waals surface area contributed by atoms with Crippen LogP contribution in [0.15, 0.2) is 6.20 Å². The van der Waals surface area contributed by atoms with Crippen molar-refractivity contribution in [2.24, 2.45) is 12.8 Å². The van der Waals surface area contributed by atoms with E-state index in [-0.39, 0.29) is 6.04 Å². The maximum Gasteiger partial charge on any atom is 0.0641 e. The monoisotopic (exact) mass is 167 g/mol. The SMILES string of the molecule is CCCC(N)c1cn(C)nc1C. The third kappa shape index (κ3) is 1.85. The average molecular weight is 167 g/mol. The highest BCUT2D eigenvalue weighted by atomic mass is 15.2. The van der Waals surface area contributed by atoms with Crippen LogP contribution in [-0.2, 0) is 7.05 Å². The van der Waals surface area contributed by atoms with Crippen molar-refractivity contribution in [1.82, 2.24) is 9.78 Å². The van der Waals surface area contributed by atoms with E-state index in [1.807, 2.05) is 24.9 Å². The predicted octanol–water partition coefficient (Wildman–Crippen LogP) is 1.53. The van der Waals surface area contributed by atoms with Crippen molar-refractivity contribution < 1.29 is 0 Å². The summed E-state index contributed by atoms with van der Waals surface area (Å²) >= 11 is 0. The molecule has 0 aliphatic carbocycles. The molecule has 3 heteroatoms. The minimum atomic E-state index is 0.156. The number of aryl methyl sites for hydroxylation is 2. The molecule has 0 saturated carbocycles. The summed E-state index contributed by atoms with van der Waals surface area (Å²) in [5.41, 5.74) is 8.20. The van der Waals surface area contributed by atoms with E-state index < -0.39 is 0 Å². The lowest BCUT2D eigenvalue weighted by Crippen LogP contribution is -2.09. The number of hydrogen-bond acceptors (Lipinski definition) is 2. The van der Waals surface area contributed by atoms with Crippen LogP contribution >= 0.6 is 0 Å². The van der Waals surface area contributed by atoms with E-state index in [4.69, 9.17) is 5.73 Å². The third-order valence-electron chi connectivity index (χ3n) is 2.05. The summed E-state index contributed by atoms with van der Waals surface area (Å²) in [6.45, 7) is 4.15. The Balaban J connectivity index is 2.79. The van der Waals surface area contributed by atoms with Crippen LogP contribution in [0.4, 0.5) is 0 Å². The Kier molecular flexibility index (Phi) is 2.87. The van der Waals surface area contributed by atoms with Gasteiger partial charge in [-0.2, -0.15) is 5.10 Å². The molecule has 1 atom stereocenters. The molecule has 0 aliphatic rings. The molecule has 1 aromatic heterocycles. The molecule has 1 unspecified atom stereocenters. The Hall–Kier alpha value is -0.830. The van der Waals surface area contributed by atoms with Crippen molar-refractivity contribution >= 4 is 0 Å². The van der Waals surface area contributed by atoms with E-state index >= 15 is 0 Å². The lowest BCUT2D eigenvalue weighted by atomic mass is 10.1. The smallest absolute Gasteiger partial charge is 0.0641 e. The summed E-state index contributed by atoms with van der Waals surface area (Å²) in [5.74, 6) is 0. The summed E-state index contributed by atoms with van der Waals surface area (Å²) in [6.07, 6.45) is 4.16. The quantitative estimate of drug-likeness (QED) is 0.742. The fraction of sp³-hybridized carbons (Fsp3) is 0.667. The molecule has 0 aliphatic heterocycles. The van der Waals surface area contributed by atoms with Gasteiger partial charge in [0.05, 0.1) is 5.69 Å². The van der Waals surface area contributed by atoms with Crippen molar-refractivity contribution in [3.8, 4) is 0 Å². The fourth-order valence-corrected chi connectivity index (χ4v) is 1.45. The number of hydrogen-bond donors (Lipinski definition) is 1. The molecule has 0 bridgehead atoms. The third-order valence-corrected chi connectivity index (χ3v) is 2.05. The second-order valence-corrected chi connectivity index (χ2v) is 3.24. The van der Waals surface area contributed by atoms with Gasteiger partial charge in [-0.15, -0.1) is 0 Å². The van der Waals surface area contributed by atoms with E-state index in [9.17, 15) is 0 Å². The van der Waals surface area contributed by atoms with Crippen molar-refractivity contribution in [1.29, 1.82) is 0 Å². The molecule has 0 fully saturated rings. The highest BCUT2D eigenvalue weighted by Gasteiger charge is 2.10. The van der Waals surface area contributed by atoms with Gasteiger partial charge in [-0.3, -0.25) is 4.68 Å². The first-order valence-corrected chi connectivity index (χ1v) is 4.41. The van der Waals surface area contributed by atoms with Gasteiger partial charge in [-0.25, -0.2) is 0 Å². The van der Waals surface area contributed by atoms with Crippen LogP contribution in [0, 0.1) is 6.92 Å². The van der Waals surface area contributed by atoms with Crippen LogP contribution in [-0.4, -0.2) is 9.78 Å². The standard InChI is InChI=1S/C9H17N3/c1-4-5-9(10)8-6-12(3)11-7(8)2/h6,9H,4-5,10H2,1-3H3. The zero-order chi connectivity index (χ0) is 9.14. The minimum Gasteiger partial charge on any atom is -0.324 e. The van der Waals surface area contributed by atoms with E-state index in [0.29, 0.717) is 0 Å². The van der Waals surface area contributed by atoms with Crippen LogP contribution in [0.2, 0.25) is 0 Å². The van der Waals surface area contributed by atoms with Gasteiger partial charge in [0.15, 0.2) is 0 Å². The van der Waals surface area contributed by atoms with Gasteiger partial charge in [0, 0.05) is 24.8 Å². The Morgan fingerprint density at radius 2 is 2.33 bits per heavy atom. The molecule has 0 amide bonds. The van der Waals surface area contributed by atoms with E-state index in [1.165, 1.54) is 5.56 Å². The van der Waals surface area contributed by atoms with E-state index in [0.717, 1.165) is 18.5 Å². The maximum absolute atomic E-state index is 5.97. The first-order chi connectivity index (χ1) is 5.65. The molecule has 3 nitrogen and oxygen atoms in total. The lowest BCUT2D eigenvalue weighted by Gasteiger charge is -2.07. The Morgan fingerprint density at radius 3 is 2.75 bits per heavy atom. The second-order valence-electron chi connectivity index (χ2n) is 3.24. The average Bonchev–Trinajstić information content (AvgIpc) is 2.30. The Bertz CT molecular complexity index is 252. The van der Waals surface area contributed by atoms with Crippen molar-refractivity contribution in [2.45, 2.75) is 32.7 Å². The fourth-order valence-electron chi connectivity index (χ4n) is 1.45. The van der Waals surface area contributed by atoms with Gasteiger partial charge in [0.25, 0.3) is 0 Å². The molecular formula is C9H17N3. The van der Waals surface area contributed by atoms with Crippen LogP contribution in [0.25, 0.3) is 0 Å². The zero-order valence-electron chi connectivity index (χ0n) is 8.04. The molecular weight excluding hydrogens is 150 g/mol. The van der Waals surface area contributed by atoms with Crippen molar-refractivity contribution in [3.05, 3.63) is 17.5 Å². The van der Waals surface area contributed by atoms with Gasteiger partial charge in [0.2, 0.25) is 0 Å². The van der Waals surface area contributed by atoms with Gasteiger partial charge in [0.1, 0.15) is 0 Å². The van der Waals surface area contributed by atoms with E-state index in [1.54, 1.807) is 0 Å². The first-order valence-electron chi connectivity index (χ1n) is 4.41. The molecule has 1 rings (SSSR count). The second kappa shape index (κ2) is 3.72. The lowest BCUT2D eigenvalue weighted by molar-refractivity contribution is 0.635. The summed E-state index contributed by atoms with van der Waals surface area (Å²) in [4.78, 5) is 0. The summed E-state index contributed by atoms with van der Waals surface area (Å²) in [6, 6.07) is 0.156. The Morgan fingerprint density at radius 1 is 1.67 bits per heavy atom. The van der Waals surface area contributed by atoms with Gasteiger partial charge >= 0.3 is 0 Å². The molecule has 0 aromatic carbocycles. The maximum atomic E-state index is 5.97. The van der Waals surface area contributed by atoms with Gasteiger partial charge in [-0.05, 0) is 13.3 Å². The molecule has 2 N–H and O–H groups in total. The largest absolute Gasteiger partial charge is 0.324 e. The van der Waals surface area contributed by atoms with Crippen molar-refractivity contribution in [3.63, 3.8) is 0 Å². The molecule has 0 saturated heterocycles. The molecule has 68 valence electrons. The topological polar surface area (TPSA) is 43.8 Å². The summed E-state index contributed by atoms with van der Waals surface area (Å²) in [7, 11) is 1.93. The predicted molar refractivity (Wildman–Crippen MR) is 49.8 cm³/mol. The molecule has 0 spiro atoms. The number of aromatic nitrogens is 2. The van der Waals surface area contributed by atoms with Gasteiger partial charge < -0.3 is 5.73 Å². The molecule has 0 radical (unpaired) electrons. The molecule has 12 heavy (non-hydrogen) atoms. The van der Waals surface area contributed by atoms with E-state index in [2.05, 4.69) is 12.0 Å². The highest BCUT2D eigenvalue weighted by Crippen LogP contribution is 2.17. The number of nitrogens with two attached hydrogens (primary N) is 1. The number of rotatable bonds is 3. The molecule has 1 aromatic rings. The summed E-state index contributed by atoms with van der Waals surface area (Å²) in [5, 5.41) is 4.25. The van der Waals surface area contributed by atoms with Gasteiger partial charge in [-0.1, -0.05) is 13.3 Å². The van der Waals surface area contributed by atoms with Crippen LogP contribution in [0.5, 0.6) is 0 Å². The number of nitrogens with zero attached hydrogens (tertiary/aromatic N) is 2. The highest BCUT2D eigenvalue weighted by molar-refractivity contribution is 5.19. The Labute approximate surface area is 73.6 Å². The normalized spacial score (nSPS) is 13.3. The van der Waals surface area contributed by atoms with Crippen molar-refractivity contribution in [2.75, 3.05) is 0 Å². The summed E-state index contributed by atoms with van der Waals surface area (Å²) < 4.78 is 1.82. The van der Waals surface area contributed by atoms with Crippen LogP contribution in [0.1, 0.15) is 37.1 Å². The first kappa shape index (κ1) is 9.26. The molecule has 1 heterocycles. The zero-order valence-corrected chi connectivity index (χ0v) is 8.04. The van der Waals surface area contributed by atoms with Crippen LogP contribution < -0.4 is 5.73 Å². The minimum absolute atomic E-state index is 0.156. The van der Waals surface area contributed by atoms with Crippen LogP contribution in [0.3, 0.4) is 0 Å².